The number of benzene rings is 2. The van der Waals surface area contributed by atoms with E-state index >= 15 is 0 Å². The minimum absolute atomic E-state index is 0.0911. The lowest BCUT2D eigenvalue weighted by Crippen LogP contribution is -2.46. The molecule has 2 aliphatic heterocycles. The number of halogens is 1. The molecule has 2 heterocycles. The second kappa shape index (κ2) is 8.28. The maximum atomic E-state index is 13.5. The van der Waals surface area contributed by atoms with Crippen LogP contribution in [-0.2, 0) is 16.1 Å². The summed E-state index contributed by atoms with van der Waals surface area (Å²) in [5.41, 5.74) is 2.08. The minimum Gasteiger partial charge on any atom is -0.496 e. The second-order valence-corrected chi connectivity index (χ2v) is 7.54. The van der Waals surface area contributed by atoms with Gasteiger partial charge in [-0.1, -0.05) is 30.3 Å². The van der Waals surface area contributed by atoms with Gasteiger partial charge in [-0.2, -0.15) is 0 Å². The number of ether oxygens (including phenoxy) is 1. The highest BCUT2D eigenvalue weighted by Gasteiger charge is 2.42. The van der Waals surface area contributed by atoms with Gasteiger partial charge in [0.15, 0.2) is 0 Å². The smallest absolute Gasteiger partial charge is 0.278 e. The zero-order valence-electron chi connectivity index (χ0n) is 17.1. The van der Waals surface area contributed by atoms with Crippen LogP contribution in [0.5, 0.6) is 5.75 Å². The van der Waals surface area contributed by atoms with E-state index in [1.807, 2.05) is 24.1 Å². The van der Waals surface area contributed by atoms with E-state index < -0.39 is 0 Å². The first kappa shape index (κ1) is 20.1. The van der Waals surface area contributed by atoms with Crippen LogP contribution in [0.4, 0.5) is 4.39 Å². The molecular formula is C23H24FN3O3. The maximum absolute atomic E-state index is 13.5. The highest BCUT2D eigenvalue weighted by atomic mass is 19.1. The third-order valence-electron chi connectivity index (χ3n) is 5.59. The van der Waals surface area contributed by atoms with E-state index in [0.717, 1.165) is 13.1 Å². The number of amides is 2. The van der Waals surface area contributed by atoms with Crippen molar-refractivity contribution in [1.29, 1.82) is 0 Å². The maximum Gasteiger partial charge on any atom is 0.278 e. The quantitative estimate of drug-likeness (QED) is 0.710. The molecule has 30 heavy (non-hydrogen) atoms. The molecule has 6 nitrogen and oxygen atoms in total. The Labute approximate surface area is 175 Å². The van der Waals surface area contributed by atoms with E-state index in [1.165, 1.54) is 17.0 Å². The van der Waals surface area contributed by atoms with Crippen LogP contribution in [0.15, 0.2) is 54.2 Å². The molecule has 0 atom stereocenters. The van der Waals surface area contributed by atoms with E-state index in [4.69, 9.17) is 4.74 Å². The fraction of sp³-hybridized carbons (Fsp3) is 0.304. The molecule has 0 unspecified atom stereocenters. The number of imide groups is 1. The highest BCUT2D eigenvalue weighted by Crippen LogP contribution is 2.37. The first-order valence-electron chi connectivity index (χ1n) is 9.91. The Morgan fingerprint density at radius 2 is 1.60 bits per heavy atom. The summed E-state index contributed by atoms with van der Waals surface area (Å²) in [6, 6.07) is 13.1. The predicted octanol–water partition coefficient (Wildman–Crippen LogP) is 2.36. The summed E-state index contributed by atoms with van der Waals surface area (Å²) in [4.78, 5) is 32.3. The zero-order valence-corrected chi connectivity index (χ0v) is 17.1. The van der Waals surface area contributed by atoms with Crippen LogP contribution in [0, 0.1) is 5.82 Å². The van der Waals surface area contributed by atoms with Gasteiger partial charge in [0.25, 0.3) is 11.8 Å². The molecule has 0 aliphatic carbocycles. The first-order chi connectivity index (χ1) is 14.5. The van der Waals surface area contributed by atoms with E-state index in [0.29, 0.717) is 41.2 Å². The van der Waals surface area contributed by atoms with Gasteiger partial charge in [-0.3, -0.25) is 14.5 Å². The van der Waals surface area contributed by atoms with Crippen molar-refractivity contribution in [3.63, 3.8) is 0 Å². The van der Waals surface area contributed by atoms with Gasteiger partial charge in [-0.25, -0.2) is 4.39 Å². The molecule has 0 N–H and O–H groups in total. The Kier molecular flexibility index (Phi) is 5.55. The Morgan fingerprint density at radius 1 is 0.933 bits per heavy atom. The number of hydrogen-bond donors (Lipinski definition) is 0. The van der Waals surface area contributed by atoms with Crippen LogP contribution in [0.3, 0.4) is 0 Å². The fourth-order valence-corrected chi connectivity index (χ4v) is 3.90. The largest absolute Gasteiger partial charge is 0.496 e. The van der Waals surface area contributed by atoms with Gasteiger partial charge in [0, 0.05) is 31.7 Å². The molecule has 0 spiro atoms. The number of para-hydroxylation sites is 1. The van der Waals surface area contributed by atoms with Crippen LogP contribution in [0.25, 0.3) is 5.57 Å². The van der Waals surface area contributed by atoms with Crippen molar-refractivity contribution in [3.05, 3.63) is 71.2 Å². The van der Waals surface area contributed by atoms with Crippen LogP contribution < -0.4 is 4.74 Å². The molecule has 156 valence electrons. The predicted molar refractivity (Wildman–Crippen MR) is 111 cm³/mol. The highest BCUT2D eigenvalue weighted by molar-refractivity contribution is 6.35. The molecule has 0 aromatic heterocycles. The summed E-state index contributed by atoms with van der Waals surface area (Å²) in [6.07, 6.45) is 0. The summed E-state index contributed by atoms with van der Waals surface area (Å²) in [5, 5.41) is 0. The van der Waals surface area contributed by atoms with Crippen molar-refractivity contribution in [2.75, 3.05) is 40.3 Å². The Balaban J connectivity index is 1.75. The number of carbonyl (C=O) groups excluding carboxylic acids is 2. The molecule has 1 saturated heterocycles. The van der Waals surface area contributed by atoms with Crippen molar-refractivity contribution in [1.82, 2.24) is 14.7 Å². The SMILES string of the molecule is COc1ccccc1C1=C(N2CCN(C)CC2)C(=O)N(Cc2ccc(F)cc2)C1=O. The van der Waals surface area contributed by atoms with Crippen molar-refractivity contribution >= 4 is 17.4 Å². The van der Waals surface area contributed by atoms with E-state index in [1.54, 1.807) is 31.4 Å². The molecule has 7 heteroatoms. The van der Waals surface area contributed by atoms with Crippen LogP contribution >= 0.6 is 0 Å². The van der Waals surface area contributed by atoms with Crippen molar-refractivity contribution in [2.24, 2.45) is 0 Å². The minimum atomic E-state index is -0.359. The van der Waals surface area contributed by atoms with Gasteiger partial charge in [0.2, 0.25) is 0 Å². The zero-order chi connectivity index (χ0) is 21.3. The van der Waals surface area contributed by atoms with E-state index in [9.17, 15) is 14.0 Å². The first-order valence-corrected chi connectivity index (χ1v) is 9.91. The molecule has 0 saturated carbocycles. The molecule has 1 fully saturated rings. The average molecular weight is 409 g/mol. The van der Waals surface area contributed by atoms with Crippen molar-refractivity contribution < 1.29 is 18.7 Å². The average Bonchev–Trinajstić information content (AvgIpc) is 3.00. The lowest BCUT2D eigenvalue weighted by atomic mass is 10.0. The fourth-order valence-electron chi connectivity index (χ4n) is 3.90. The van der Waals surface area contributed by atoms with Crippen LogP contribution in [0.1, 0.15) is 11.1 Å². The summed E-state index contributed by atoms with van der Waals surface area (Å²) in [7, 11) is 3.59. The third kappa shape index (κ3) is 3.68. The molecule has 0 bridgehead atoms. The second-order valence-electron chi connectivity index (χ2n) is 7.54. The van der Waals surface area contributed by atoms with Crippen LogP contribution in [-0.4, -0.2) is 66.9 Å². The summed E-state index contributed by atoms with van der Waals surface area (Å²) in [6.45, 7) is 3.03. The van der Waals surface area contributed by atoms with E-state index in [-0.39, 0.29) is 24.2 Å². The molecule has 2 aromatic rings. The van der Waals surface area contributed by atoms with Crippen molar-refractivity contribution in [3.8, 4) is 5.75 Å². The summed E-state index contributed by atoms with van der Waals surface area (Å²) >= 11 is 0. The molecule has 0 radical (unpaired) electrons. The molecular weight excluding hydrogens is 385 g/mol. The number of nitrogens with zero attached hydrogens (tertiary/aromatic N) is 3. The number of rotatable bonds is 5. The van der Waals surface area contributed by atoms with Crippen molar-refractivity contribution in [2.45, 2.75) is 6.54 Å². The third-order valence-corrected chi connectivity index (χ3v) is 5.59. The van der Waals surface area contributed by atoms with Gasteiger partial charge in [-0.05, 0) is 30.8 Å². The molecule has 2 amide bonds. The molecule has 2 aliphatic rings. The van der Waals surface area contributed by atoms with Gasteiger partial charge in [0.1, 0.15) is 17.3 Å². The van der Waals surface area contributed by atoms with Gasteiger partial charge in [0.05, 0.1) is 19.2 Å². The normalized spacial score (nSPS) is 17.8. The lowest BCUT2D eigenvalue weighted by molar-refractivity contribution is -0.138. The van der Waals surface area contributed by atoms with Gasteiger partial charge < -0.3 is 14.5 Å². The lowest BCUT2D eigenvalue weighted by Gasteiger charge is -2.34. The number of piperazine rings is 1. The Bertz CT molecular complexity index is 995. The topological polar surface area (TPSA) is 53.1 Å². The summed E-state index contributed by atoms with van der Waals surface area (Å²) < 4.78 is 18.8. The Morgan fingerprint density at radius 3 is 2.27 bits per heavy atom. The molecule has 4 rings (SSSR count). The monoisotopic (exact) mass is 409 g/mol. The van der Waals surface area contributed by atoms with Crippen LogP contribution in [0.2, 0.25) is 0 Å². The van der Waals surface area contributed by atoms with Gasteiger partial charge >= 0.3 is 0 Å². The van der Waals surface area contributed by atoms with E-state index in [2.05, 4.69) is 4.90 Å². The Hall–Kier alpha value is -3.19. The number of carbonyl (C=O) groups is 2. The number of methoxy groups -OCH3 is 1. The number of likely N-dealkylation sites (N-methyl/N-ethyl adjacent to an activating group) is 1. The number of hydrogen-bond acceptors (Lipinski definition) is 5. The molecule has 2 aromatic carbocycles. The summed E-state index contributed by atoms with van der Waals surface area (Å²) in [5.74, 6) is -0.495. The van der Waals surface area contributed by atoms with Gasteiger partial charge in [-0.15, -0.1) is 0 Å². The standard InChI is InChI=1S/C23H24FN3O3/c1-25-11-13-26(14-12-25)21-20(18-5-3-4-6-19(18)30-2)22(28)27(23(21)29)15-16-7-9-17(24)10-8-16/h3-10H,11-15H2,1-2H3.